The number of amides is 3. The fourth-order valence-corrected chi connectivity index (χ4v) is 3.59. The van der Waals surface area contributed by atoms with E-state index in [4.69, 9.17) is 23.2 Å². The lowest BCUT2D eigenvalue weighted by Gasteiger charge is -2.22. The van der Waals surface area contributed by atoms with Crippen LogP contribution in [0.5, 0.6) is 0 Å². The van der Waals surface area contributed by atoms with Gasteiger partial charge < -0.3 is 5.32 Å². The molecule has 0 radical (unpaired) electrons. The number of nitrogens with zero attached hydrogens (tertiary/aromatic N) is 1. The van der Waals surface area contributed by atoms with Crippen LogP contribution in [0.15, 0.2) is 46.9 Å². The zero-order valence-corrected chi connectivity index (χ0v) is 15.7. The highest BCUT2D eigenvalue weighted by Crippen LogP contribution is 2.33. The Balaban J connectivity index is 1.95. The number of urea groups is 1. The van der Waals surface area contributed by atoms with Gasteiger partial charge in [-0.05, 0) is 36.8 Å². The molecule has 24 heavy (non-hydrogen) atoms. The maximum atomic E-state index is 12.9. The molecule has 3 amide bonds. The highest BCUT2D eigenvalue weighted by atomic mass is 79.9. The molecule has 1 fully saturated rings. The summed E-state index contributed by atoms with van der Waals surface area (Å²) in [6, 6.07) is 11.9. The zero-order chi connectivity index (χ0) is 17.5. The normalized spacial score (nSPS) is 20.4. The number of hydrogen-bond donors (Lipinski definition) is 1. The summed E-state index contributed by atoms with van der Waals surface area (Å²) >= 11 is 15.7. The van der Waals surface area contributed by atoms with Crippen LogP contribution in [0.3, 0.4) is 0 Å². The molecule has 1 heterocycles. The standard InChI is InChI=1S/C17H13BrCl2N2O2/c1-17(10-4-2-5-11(18)8-10)15(23)22(16(24)21-17)9-12-13(19)6-3-7-14(12)20/h2-8H,9H2,1H3,(H,21,24). The molecule has 1 aliphatic rings. The molecule has 1 unspecified atom stereocenters. The van der Waals surface area contributed by atoms with Crippen LogP contribution < -0.4 is 5.32 Å². The predicted octanol–water partition coefficient (Wildman–Crippen LogP) is 4.72. The molecule has 7 heteroatoms. The molecule has 1 N–H and O–H groups in total. The first kappa shape index (κ1) is 17.3. The van der Waals surface area contributed by atoms with Crippen molar-refractivity contribution in [2.24, 2.45) is 0 Å². The summed E-state index contributed by atoms with van der Waals surface area (Å²) in [5, 5.41) is 3.60. The van der Waals surface area contributed by atoms with Crippen molar-refractivity contribution < 1.29 is 9.59 Å². The first-order valence-corrected chi connectivity index (χ1v) is 8.71. The van der Waals surface area contributed by atoms with Crippen molar-refractivity contribution >= 4 is 51.1 Å². The number of imide groups is 1. The molecule has 0 aliphatic carbocycles. The summed E-state index contributed by atoms with van der Waals surface area (Å²) in [7, 11) is 0. The Hall–Kier alpha value is -1.56. The summed E-state index contributed by atoms with van der Waals surface area (Å²) in [6.07, 6.45) is 0. The van der Waals surface area contributed by atoms with Gasteiger partial charge in [-0.25, -0.2) is 4.79 Å². The van der Waals surface area contributed by atoms with E-state index in [9.17, 15) is 9.59 Å². The average Bonchev–Trinajstić information content (AvgIpc) is 2.75. The van der Waals surface area contributed by atoms with Gasteiger partial charge in [0, 0.05) is 20.1 Å². The van der Waals surface area contributed by atoms with Crippen LogP contribution in [0.2, 0.25) is 10.0 Å². The van der Waals surface area contributed by atoms with Crippen LogP contribution in [0, 0.1) is 0 Å². The van der Waals surface area contributed by atoms with Crippen molar-refractivity contribution in [3.8, 4) is 0 Å². The minimum Gasteiger partial charge on any atom is -0.319 e. The van der Waals surface area contributed by atoms with Crippen molar-refractivity contribution in [1.29, 1.82) is 0 Å². The predicted molar refractivity (Wildman–Crippen MR) is 97.0 cm³/mol. The largest absolute Gasteiger partial charge is 0.325 e. The minimum atomic E-state index is -1.13. The van der Waals surface area contributed by atoms with Gasteiger partial charge in [0.1, 0.15) is 5.54 Å². The lowest BCUT2D eigenvalue weighted by molar-refractivity contribution is -0.131. The highest BCUT2D eigenvalue weighted by molar-refractivity contribution is 9.10. The Morgan fingerprint density at radius 3 is 2.38 bits per heavy atom. The molecule has 3 rings (SSSR count). The summed E-state index contributed by atoms with van der Waals surface area (Å²) in [4.78, 5) is 26.4. The van der Waals surface area contributed by atoms with Gasteiger partial charge in [0.2, 0.25) is 0 Å². The van der Waals surface area contributed by atoms with Crippen LogP contribution in [-0.4, -0.2) is 16.8 Å². The number of hydrogen-bond acceptors (Lipinski definition) is 2. The van der Waals surface area contributed by atoms with Crippen LogP contribution in [0.25, 0.3) is 0 Å². The maximum Gasteiger partial charge on any atom is 0.325 e. The Morgan fingerprint density at radius 1 is 1.12 bits per heavy atom. The van der Waals surface area contributed by atoms with Gasteiger partial charge in [-0.2, -0.15) is 0 Å². The Labute approximate surface area is 157 Å². The first-order chi connectivity index (χ1) is 11.3. The smallest absolute Gasteiger partial charge is 0.319 e. The average molecular weight is 428 g/mol. The van der Waals surface area contributed by atoms with Crippen LogP contribution in [0.1, 0.15) is 18.1 Å². The number of rotatable bonds is 3. The fourth-order valence-electron chi connectivity index (χ4n) is 2.68. The minimum absolute atomic E-state index is 0.0206. The molecule has 2 aromatic rings. The summed E-state index contributed by atoms with van der Waals surface area (Å²) in [6.45, 7) is 1.70. The molecule has 124 valence electrons. The van der Waals surface area contributed by atoms with E-state index >= 15 is 0 Å². The lowest BCUT2D eigenvalue weighted by Crippen LogP contribution is -2.40. The van der Waals surface area contributed by atoms with E-state index in [1.54, 1.807) is 31.2 Å². The van der Waals surface area contributed by atoms with Crippen LogP contribution >= 0.6 is 39.1 Å². The van der Waals surface area contributed by atoms with Gasteiger partial charge in [0.15, 0.2) is 0 Å². The molecular weight excluding hydrogens is 415 g/mol. The van der Waals surface area contributed by atoms with E-state index in [0.717, 1.165) is 9.37 Å². The third-order valence-electron chi connectivity index (χ3n) is 4.05. The summed E-state index contributed by atoms with van der Waals surface area (Å²) in [5.41, 5.74) is 0.111. The molecule has 4 nitrogen and oxygen atoms in total. The SMILES string of the molecule is CC1(c2cccc(Br)c2)NC(=O)N(Cc2c(Cl)cccc2Cl)C1=O. The topological polar surface area (TPSA) is 49.4 Å². The molecule has 0 bridgehead atoms. The second kappa shape index (κ2) is 6.39. The van der Waals surface area contributed by atoms with Crippen LogP contribution in [-0.2, 0) is 16.9 Å². The third kappa shape index (κ3) is 2.92. The molecule has 1 atom stereocenters. The van der Waals surface area contributed by atoms with Crippen molar-refractivity contribution in [1.82, 2.24) is 10.2 Å². The van der Waals surface area contributed by atoms with Crippen LogP contribution in [0.4, 0.5) is 4.79 Å². The Bertz CT molecular complexity index is 823. The van der Waals surface area contributed by atoms with Crippen molar-refractivity contribution in [3.63, 3.8) is 0 Å². The lowest BCUT2D eigenvalue weighted by atomic mass is 9.92. The number of nitrogens with one attached hydrogen (secondary N) is 1. The van der Waals surface area contributed by atoms with E-state index in [1.165, 1.54) is 0 Å². The van der Waals surface area contributed by atoms with E-state index in [-0.39, 0.29) is 12.5 Å². The fraction of sp³-hybridized carbons (Fsp3) is 0.176. The highest BCUT2D eigenvalue weighted by Gasteiger charge is 2.49. The Kier molecular flexibility index (Phi) is 4.60. The number of carbonyl (C=O) groups excluding carboxylic acids is 2. The molecule has 1 saturated heterocycles. The first-order valence-electron chi connectivity index (χ1n) is 7.16. The van der Waals surface area contributed by atoms with Gasteiger partial charge in [0.05, 0.1) is 6.54 Å². The van der Waals surface area contributed by atoms with E-state index < -0.39 is 11.6 Å². The molecule has 2 aromatic carbocycles. The van der Waals surface area contributed by atoms with Gasteiger partial charge in [-0.1, -0.05) is 57.3 Å². The number of benzene rings is 2. The molecule has 1 aliphatic heterocycles. The second-order valence-electron chi connectivity index (χ2n) is 5.66. The molecule has 0 saturated carbocycles. The van der Waals surface area contributed by atoms with Gasteiger partial charge >= 0.3 is 6.03 Å². The van der Waals surface area contributed by atoms with E-state index in [2.05, 4.69) is 21.2 Å². The zero-order valence-electron chi connectivity index (χ0n) is 12.6. The van der Waals surface area contributed by atoms with E-state index in [0.29, 0.717) is 21.2 Å². The maximum absolute atomic E-state index is 12.9. The second-order valence-corrected chi connectivity index (χ2v) is 7.39. The van der Waals surface area contributed by atoms with Crippen molar-refractivity contribution in [2.45, 2.75) is 19.0 Å². The number of halogens is 3. The van der Waals surface area contributed by atoms with E-state index in [1.807, 2.05) is 18.2 Å². The molecule has 0 spiro atoms. The van der Waals surface area contributed by atoms with Crippen molar-refractivity contribution in [2.75, 3.05) is 0 Å². The summed E-state index contributed by atoms with van der Waals surface area (Å²) < 4.78 is 0.830. The quantitative estimate of drug-likeness (QED) is 0.720. The van der Waals surface area contributed by atoms with Gasteiger partial charge in [-0.3, -0.25) is 9.69 Å². The summed E-state index contributed by atoms with van der Waals surface area (Å²) in [5.74, 6) is -0.346. The molecular formula is C17H13BrCl2N2O2. The van der Waals surface area contributed by atoms with Crippen molar-refractivity contribution in [3.05, 3.63) is 68.1 Å². The number of carbonyl (C=O) groups is 2. The Morgan fingerprint density at radius 2 is 1.75 bits per heavy atom. The monoisotopic (exact) mass is 426 g/mol. The van der Waals surface area contributed by atoms with Gasteiger partial charge in [-0.15, -0.1) is 0 Å². The third-order valence-corrected chi connectivity index (χ3v) is 5.26. The van der Waals surface area contributed by atoms with Gasteiger partial charge in [0.25, 0.3) is 5.91 Å². The molecule has 0 aromatic heterocycles.